The molecule has 0 saturated heterocycles. The van der Waals surface area contributed by atoms with Crippen LogP contribution in [-0.2, 0) is 20.1 Å². The average molecular weight is 479 g/mol. The summed E-state index contributed by atoms with van der Waals surface area (Å²) in [5.41, 5.74) is 3.24. The molecule has 3 aromatic rings. The van der Waals surface area contributed by atoms with Gasteiger partial charge in [-0.05, 0) is 18.2 Å². The molecule has 1 aromatic heterocycles. The summed E-state index contributed by atoms with van der Waals surface area (Å²) in [5, 5.41) is 3.40. The number of aromatic nitrogens is 2. The van der Waals surface area contributed by atoms with Crippen LogP contribution in [0, 0.1) is 0 Å². The smallest absolute Gasteiger partial charge is 0.194 e. The average Bonchev–Trinajstić information content (AvgIpc) is 2.99. The first kappa shape index (κ1) is 21.0. The van der Waals surface area contributed by atoms with Crippen molar-refractivity contribution in [1.29, 1.82) is 0 Å². The molecule has 2 aromatic carbocycles. The first-order valence-electron chi connectivity index (χ1n) is 8.58. The molecule has 0 fully saturated rings. The van der Waals surface area contributed by atoms with Crippen LogP contribution in [0.2, 0.25) is 0 Å². The van der Waals surface area contributed by atoms with Crippen LogP contribution in [0.4, 0.5) is 0 Å². The van der Waals surface area contributed by atoms with Crippen molar-refractivity contribution in [2.75, 3.05) is 21.2 Å². The van der Waals surface area contributed by atoms with E-state index in [1.165, 1.54) is 0 Å². The number of nitrogens with zero attached hydrogens (tertiary/aromatic N) is 4. The predicted molar refractivity (Wildman–Crippen MR) is 121 cm³/mol. The standard InChI is InChI=1S/C20H25N5O.HI/c1-21-20(24(2)14-15-9-5-8-12-18(15)26-4)22-13-19-23-16-10-6-7-11-17(16)25(19)3;/h5-12H,13-14H2,1-4H3,(H,21,22);1H. The molecule has 3 rings (SSSR count). The van der Waals surface area contributed by atoms with Crippen molar-refractivity contribution >= 4 is 41.0 Å². The van der Waals surface area contributed by atoms with Gasteiger partial charge in [0.25, 0.3) is 0 Å². The van der Waals surface area contributed by atoms with Crippen LogP contribution in [0.5, 0.6) is 5.75 Å². The molecule has 1 N–H and O–H groups in total. The van der Waals surface area contributed by atoms with Crippen molar-refractivity contribution in [2.45, 2.75) is 13.1 Å². The van der Waals surface area contributed by atoms with Gasteiger partial charge in [-0.15, -0.1) is 24.0 Å². The van der Waals surface area contributed by atoms with Crippen LogP contribution in [-0.4, -0.2) is 41.6 Å². The summed E-state index contributed by atoms with van der Waals surface area (Å²) >= 11 is 0. The van der Waals surface area contributed by atoms with Gasteiger partial charge in [0, 0.05) is 33.3 Å². The SMILES string of the molecule is CN=C(NCc1nc2ccccc2n1C)N(C)Cc1ccccc1OC.I. The maximum atomic E-state index is 5.44. The van der Waals surface area contributed by atoms with Gasteiger partial charge < -0.3 is 19.5 Å². The monoisotopic (exact) mass is 479 g/mol. The first-order valence-corrected chi connectivity index (χ1v) is 8.58. The zero-order valence-corrected chi connectivity index (χ0v) is 18.5. The fourth-order valence-electron chi connectivity index (χ4n) is 3.06. The number of nitrogens with one attached hydrogen (secondary N) is 1. The summed E-state index contributed by atoms with van der Waals surface area (Å²) in [7, 11) is 7.53. The lowest BCUT2D eigenvalue weighted by atomic mass is 10.2. The molecular weight excluding hydrogens is 453 g/mol. The van der Waals surface area contributed by atoms with Gasteiger partial charge >= 0.3 is 0 Å². The van der Waals surface area contributed by atoms with Crippen LogP contribution in [0.15, 0.2) is 53.5 Å². The van der Waals surface area contributed by atoms with Gasteiger partial charge in [0.05, 0.1) is 24.7 Å². The molecule has 0 aliphatic heterocycles. The van der Waals surface area contributed by atoms with E-state index in [4.69, 9.17) is 9.72 Å². The predicted octanol–water partition coefficient (Wildman–Crippen LogP) is 3.41. The maximum absolute atomic E-state index is 5.44. The van der Waals surface area contributed by atoms with Crippen molar-refractivity contribution in [3.63, 3.8) is 0 Å². The largest absolute Gasteiger partial charge is 0.496 e. The molecule has 0 bridgehead atoms. The summed E-state index contributed by atoms with van der Waals surface area (Å²) in [4.78, 5) is 11.2. The summed E-state index contributed by atoms with van der Waals surface area (Å²) in [5.74, 6) is 2.66. The van der Waals surface area contributed by atoms with Crippen molar-refractivity contribution in [1.82, 2.24) is 19.8 Å². The molecule has 0 radical (unpaired) electrons. The number of halogens is 1. The Morgan fingerprint density at radius 1 is 1.19 bits per heavy atom. The number of benzene rings is 2. The number of para-hydroxylation sites is 3. The van der Waals surface area contributed by atoms with Crippen LogP contribution in [0.1, 0.15) is 11.4 Å². The van der Waals surface area contributed by atoms with Gasteiger partial charge in [-0.25, -0.2) is 4.98 Å². The summed E-state index contributed by atoms with van der Waals surface area (Å²) < 4.78 is 7.54. The van der Waals surface area contributed by atoms with Crippen molar-refractivity contribution < 1.29 is 4.74 Å². The Morgan fingerprint density at radius 3 is 2.59 bits per heavy atom. The number of rotatable bonds is 5. The topological polar surface area (TPSA) is 54.7 Å². The highest BCUT2D eigenvalue weighted by molar-refractivity contribution is 14.0. The molecule has 0 unspecified atom stereocenters. The lowest BCUT2D eigenvalue weighted by molar-refractivity contribution is 0.396. The van der Waals surface area contributed by atoms with Gasteiger partial charge in [0.15, 0.2) is 5.96 Å². The quantitative estimate of drug-likeness (QED) is 0.346. The minimum absolute atomic E-state index is 0. The molecule has 144 valence electrons. The highest BCUT2D eigenvalue weighted by Gasteiger charge is 2.12. The third-order valence-electron chi connectivity index (χ3n) is 4.46. The number of imidazole rings is 1. The van der Waals surface area contributed by atoms with E-state index in [0.717, 1.165) is 34.1 Å². The second-order valence-electron chi connectivity index (χ2n) is 6.14. The molecule has 0 atom stereocenters. The third kappa shape index (κ3) is 4.71. The molecule has 1 heterocycles. The van der Waals surface area contributed by atoms with Gasteiger partial charge in [0.2, 0.25) is 0 Å². The minimum Gasteiger partial charge on any atom is -0.496 e. The third-order valence-corrected chi connectivity index (χ3v) is 4.46. The lowest BCUT2D eigenvalue weighted by Crippen LogP contribution is -2.38. The normalized spacial score (nSPS) is 11.2. The van der Waals surface area contributed by atoms with Crippen molar-refractivity contribution in [2.24, 2.45) is 12.0 Å². The molecular formula is C20H26IN5O. The van der Waals surface area contributed by atoms with E-state index < -0.39 is 0 Å². The number of hydrogen-bond acceptors (Lipinski definition) is 3. The van der Waals surface area contributed by atoms with Crippen molar-refractivity contribution in [3.8, 4) is 5.75 Å². The molecule has 6 nitrogen and oxygen atoms in total. The van der Waals surface area contributed by atoms with Gasteiger partial charge in [-0.3, -0.25) is 4.99 Å². The van der Waals surface area contributed by atoms with Crippen LogP contribution >= 0.6 is 24.0 Å². The highest BCUT2D eigenvalue weighted by atomic mass is 127. The number of aliphatic imine (C=N–C) groups is 1. The van der Waals surface area contributed by atoms with E-state index in [9.17, 15) is 0 Å². The summed E-state index contributed by atoms with van der Waals surface area (Å²) in [6.45, 7) is 1.31. The van der Waals surface area contributed by atoms with E-state index in [2.05, 4.69) is 31.9 Å². The Morgan fingerprint density at radius 2 is 1.89 bits per heavy atom. The fourth-order valence-corrected chi connectivity index (χ4v) is 3.06. The first-order chi connectivity index (χ1) is 12.6. The zero-order chi connectivity index (χ0) is 18.5. The number of hydrogen-bond donors (Lipinski definition) is 1. The lowest BCUT2D eigenvalue weighted by Gasteiger charge is -2.23. The number of guanidine groups is 1. The van der Waals surface area contributed by atoms with Crippen LogP contribution in [0.3, 0.4) is 0 Å². The zero-order valence-electron chi connectivity index (χ0n) is 16.1. The summed E-state index contributed by atoms with van der Waals surface area (Å²) in [6.07, 6.45) is 0. The van der Waals surface area contributed by atoms with Crippen LogP contribution < -0.4 is 10.1 Å². The Labute approximate surface area is 177 Å². The van der Waals surface area contributed by atoms with Gasteiger partial charge in [0.1, 0.15) is 11.6 Å². The van der Waals surface area contributed by atoms with Gasteiger partial charge in [-0.1, -0.05) is 30.3 Å². The Kier molecular flexibility index (Phi) is 7.46. The van der Waals surface area contributed by atoms with Gasteiger partial charge in [-0.2, -0.15) is 0 Å². The van der Waals surface area contributed by atoms with E-state index >= 15 is 0 Å². The minimum atomic E-state index is 0. The van der Waals surface area contributed by atoms with E-state index in [-0.39, 0.29) is 24.0 Å². The second-order valence-corrected chi connectivity index (χ2v) is 6.14. The molecule has 0 aliphatic carbocycles. The number of fused-ring (bicyclic) bond motifs is 1. The Balaban J connectivity index is 0.00000261. The van der Waals surface area contributed by atoms with E-state index in [0.29, 0.717) is 13.1 Å². The fraction of sp³-hybridized carbons (Fsp3) is 0.300. The summed E-state index contributed by atoms with van der Waals surface area (Å²) in [6, 6.07) is 16.2. The van der Waals surface area contributed by atoms with E-state index in [1.54, 1.807) is 14.2 Å². The molecule has 0 aliphatic rings. The molecule has 0 spiro atoms. The Hall–Kier alpha value is -2.29. The van der Waals surface area contributed by atoms with E-state index in [1.807, 2.05) is 50.5 Å². The second kappa shape index (κ2) is 9.59. The van der Waals surface area contributed by atoms with Crippen molar-refractivity contribution in [3.05, 3.63) is 59.9 Å². The molecule has 27 heavy (non-hydrogen) atoms. The number of aryl methyl sites for hydroxylation is 1. The van der Waals surface area contributed by atoms with Crippen LogP contribution in [0.25, 0.3) is 11.0 Å². The Bertz CT molecular complexity index is 922. The molecule has 0 amide bonds. The number of ether oxygens (including phenoxy) is 1. The number of methoxy groups -OCH3 is 1. The molecule has 7 heteroatoms. The maximum Gasteiger partial charge on any atom is 0.194 e. The molecule has 0 saturated carbocycles. The highest BCUT2D eigenvalue weighted by Crippen LogP contribution is 2.19.